The number of benzene rings is 6. The van der Waals surface area contributed by atoms with Gasteiger partial charge in [-0.2, -0.15) is 0 Å². The fraction of sp³-hybridized carbons (Fsp3) is 0.290. The first kappa shape index (κ1) is 63.0. The molecule has 1 aliphatic carbocycles. The topological polar surface area (TPSA) is 140 Å². The van der Waals surface area contributed by atoms with E-state index in [2.05, 4.69) is 169 Å². The maximum Gasteiger partial charge on any atom is 0.488 e. The van der Waals surface area contributed by atoms with Gasteiger partial charge in [0.05, 0.1) is 0 Å². The summed E-state index contributed by atoms with van der Waals surface area (Å²) in [5.74, 6) is -0.131. The summed E-state index contributed by atoms with van der Waals surface area (Å²) in [6.07, 6.45) is 9.46. The molecule has 84 heavy (non-hydrogen) atoms. The maximum atomic E-state index is 12.8. The van der Waals surface area contributed by atoms with Crippen LogP contribution in [0.4, 0.5) is 5.69 Å². The van der Waals surface area contributed by atoms with E-state index in [1.54, 1.807) is 37.3 Å². The summed E-state index contributed by atoms with van der Waals surface area (Å²) in [4.78, 5) is 33.5. The number of rotatable bonds is 24. The van der Waals surface area contributed by atoms with Crippen molar-refractivity contribution in [3.8, 4) is 10.4 Å². The van der Waals surface area contributed by atoms with Crippen molar-refractivity contribution in [1.82, 2.24) is 15.1 Å². The fourth-order valence-corrected chi connectivity index (χ4v) is 15.8. The molecule has 7 aromatic rings. The Morgan fingerprint density at radius 2 is 1.25 bits per heavy atom. The molecule has 0 spiro atoms. The van der Waals surface area contributed by atoms with Crippen molar-refractivity contribution in [1.29, 1.82) is 0 Å². The predicted molar refractivity (Wildman–Crippen MR) is 357 cm³/mol. The minimum Gasteiger partial charge on any atom is -0.423 e. The van der Waals surface area contributed by atoms with Crippen LogP contribution in [0.5, 0.6) is 0 Å². The van der Waals surface area contributed by atoms with Gasteiger partial charge in [0.15, 0.2) is 11.5 Å². The van der Waals surface area contributed by atoms with E-state index in [4.69, 9.17) is 0 Å². The van der Waals surface area contributed by atoms with E-state index in [0.29, 0.717) is 87.1 Å². The molecule has 5 N–H and O–H groups in total. The summed E-state index contributed by atoms with van der Waals surface area (Å²) in [6.45, 7) is 19.7. The van der Waals surface area contributed by atoms with Gasteiger partial charge < -0.3 is 30.3 Å². The van der Waals surface area contributed by atoms with E-state index in [1.807, 2.05) is 36.4 Å². The molecule has 15 heteroatoms. The van der Waals surface area contributed by atoms with E-state index in [9.17, 15) is 29.7 Å². The van der Waals surface area contributed by atoms with E-state index >= 15 is 0 Å². The molecule has 0 unspecified atom stereocenters. The number of carbonyl (C=O) groups excluding carboxylic acids is 2. The van der Waals surface area contributed by atoms with Crippen molar-refractivity contribution in [2.75, 3.05) is 52.7 Å². The van der Waals surface area contributed by atoms with E-state index < -0.39 is 22.3 Å². The van der Waals surface area contributed by atoms with Gasteiger partial charge in [-0.15, -0.1) is 11.3 Å². The van der Waals surface area contributed by atoms with Gasteiger partial charge in [0.2, 0.25) is 5.91 Å². The number of allylic oxidation sites excluding steroid dienone is 6. The molecule has 2 heterocycles. The second-order valence-corrected chi connectivity index (χ2v) is 28.6. The molecule has 0 radical (unpaired) electrons. The third-order valence-electron chi connectivity index (χ3n) is 16.5. The number of fused-ring (bicyclic) bond motifs is 4. The number of nitrogens with zero attached hydrogens (tertiary/aromatic N) is 4. The lowest BCUT2D eigenvalue weighted by Gasteiger charge is -2.38. The average Bonchev–Trinajstić information content (AvgIpc) is 1.06. The van der Waals surface area contributed by atoms with Gasteiger partial charge in [-0.3, -0.25) is 19.4 Å². The Morgan fingerprint density at radius 1 is 0.667 bits per heavy atom. The van der Waals surface area contributed by atoms with E-state index in [-0.39, 0.29) is 19.1 Å². The summed E-state index contributed by atoms with van der Waals surface area (Å²) in [5, 5.41) is 54.9. The van der Waals surface area contributed by atoms with Crippen molar-refractivity contribution >= 4 is 100.0 Å². The minimum absolute atomic E-state index is 0. The SMILES string of the molecule is C.C=C(C)C(=O)CCCCN(Cc1ccccc1B(O)O)Cc1c2ccccc2c(CN(CCCNC(=O)C(=C)C)Cc2ccccc2B(O)O)c2ccc(-c3cc(C4=C5C=CC(=[N+](C)C)C=C5[Si](C)(C)c5cc(N(C)C)ccc54)cs3)cc12. The number of nitrogens with one attached hydrogen (secondary N) is 1. The molecule has 1 aromatic heterocycles. The Kier molecular flexibility index (Phi) is 20.5. The van der Waals surface area contributed by atoms with Crippen LogP contribution in [-0.2, 0) is 35.8 Å². The number of carbonyl (C=O) groups is 2. The van der Waals surface area contributed by atoms with Crippen LogP contribution in [0, 0.1) is 0 Å². The predicted octanol–water partition coefficient (Wildman–Crippen LogP) is 9.66. The van der Waals surface area contributed by atoms with Crippen LogP contribution in [0.2, 0.25) is 13.1 Å². The molecule has 0 saturated heterocycles. The largest absolute Gasteiger partial charge is 0.488 e. The van der Waals surface area contributed by atoms with Crippen LogP contribution >= 0.6 is 11.3 Å². The van der Waals surface area contributed by atoms with Gasteiger partial charge in [-0.05, 0) is 174 Å². The molecular weight excluding hydrogens is 1080 g/mol. The van der Waals surface area contributed by atoms with Crippen molar-refractivity contribution in [3.05, 3.63) is 207 Å². The monoisotopic (exact) mass is 1160 g/mol. The van der Waals surface area contributed by atoms with Crippen LogP contribution in [0.1, 0.15) is 80.3 Å². The second kappa shape index (κ2) is 27.3. The molecule has 0 fully saturated rings. The van der Waals surface area contributed by atoms with Crippen LogP contribution < -0.4 is 26.3 Å². The van der Waals surface area contributed by atoms with Gasteiger partial charge >= 0.3 is 14.2 Å². The number of hydrogen-bond donors (Lipinski definition) is 5. The first-order valence-corrected chi connectivity index (χ1v) is 32.6. The van der Waals surface area contributed by atoms with Crippen LogP contribution in [0.3, 0.4) is 0 Å². The van der Waals surface area contributed by atoms with Crippen LogP contribution in [0.25, 0.3) is 37.6 Å². The molecule has 0 saturated carbocycles. The lowest BCUT2D eigenvalue weighted by molar-refractivity contribution is -0.462. The Bertz CT molecular complexity index is 3780. The molecule has 1 amide bonds. The number of anilines is 1. The fourth-order valence-electron chi connectivity index (χ4n) is 11.9. The molecule has 0 bridgehead atoms. The Labute approximate surface area is 503 Å². The number of ketones is 1. The van der Waals surface area contributed by atoms with Crippen molar-refractivity contribution < 1.29 is 34.3 Å². The second-order valence-electron chi connectivity index (χ2n) is 23.3. The smallest absolute Gasteiger partial charge is 0.423 e. The Morgan fingerprint density at radius 3 is 1.83 bits per heavy atom. The Balaban J connectivity index is 0.00000920. The normalized spacial score (nSPS) is 13.4. The number of hydrogen-bond acceptors (Lipinski definition) is 10. The van der Waals surface area contributed by atoms with E-state index in [1.165, 1.54) is 44.1 Å². The highest BCUT2D eigenvalue weighted by Gasteiger charge is 2.41. The van der Waals surface area contributed by atoms with Gasteiger partial charge in [-0.25, -0.2) is 4.58 Å². The number of Topliss-reactive ketones (excluding diaryl/α,β-unsaturated/α-hetero) is 1. The van der Waals surface area contributed by atoms with Crippen molar-refractivity contribution in [3.63, 3.8) is 0 Å². The summed E-state index contributed by atoms with van der Waals surface area (Å²) in [6, 6.07) is 39.7. The highest BCUT2D eigenvalue weighted by atomic mass is 32.1. The van der Waals surface area contributed by atoms with Gasteiger partial charge in [-0.1, -0.05) is 125 Å². The quantitative estimate of drug-likeness (QED) is 0.0132. The first-order chi connectivity index (χ1) is 39.7. The zero-order valence-corrected chi connectivity index (χ0v) is 51.2. The summed E-state index contributed by atoms with van der Waals surface area (Å²) < 4.78 is 2.19. The van der Waals surface area contributed by atoms with Crippen molar-refractivity contribution in [2.45, 2.75) is 86.2 Å². The lowest BCUT2D eigenvalue weighted by atomic mass is 9.77. The first-order valence-electron chi connectivity index (χ1n) is 28.7. The number of thiophene rings is 1. The van der Waals surface area contributed by atoms with Gasteiger partial charge in [0.25, 0.3) is 0 Å². The van der Waals surface area contributed by atoms with Gasteiger partial charge in [0.1, 0.15) is 22.2 Å². The zero-order valence-electron chi connectivity index (χ0n) is 49.4. The number of amides is 1. The summed E-state index contributed by atoms with van der Waals surface area (Å²) in [5.41, 5.74) is 14.2. The molecule has 11 nitrogen and oxygen atoms in total. The molecule has 9 rings (SSSR count). The third-order valence-corrected chi connectivity index (χ3v) is 21.0. The number of unbranched alkanes of at least 4 members (excludes halogenated alkanes) is 1. The van der Waals surface area contributed by atoms with Crippen LogP contribution in [-0.4, -0.2) is 122 Å². The highest BCUT2D eigenvalue weighted by molar-refractivity contribution is 7.13. The molecule has 0 atom stereocenters. The maximum absolute atomic E-state index is 12.8. The molecule has 1 aliphatic heterocycles. The van der Waals surface area contributed by atoms with Crippen molar-refractivity contribution in [2.24, 2.45) is 0 Å². The van der Waals surface area contributed by atoms with E-state index in [0.717, 1.165) is 60.7 Å². The van der Waals surface area contributed by atoms with Gasteiger partial charge in [0, 0.05) is 88.1 Å². The lowest BCUT2D eigenvalue weighted by Crippen LogP contribution is -2.49. The third kappa shape index (κ3) is 13.9. The summed E-state index contributed by atoms with van der Waals surface area (Å²) >= 11 is 1.75. The standard InChI is InChI=1S/C68H77B2N5O6SSi.CH4/c1-45(2)63(76)26-17-18-34-74(40-48-20-11-15-24-61(48)69(78)79)43-60-54-23-14-13-22-53(54)59(42-75(35-19-33-71-68(77)46(3)4)41-49-21-12-16-25-62(49)70(80)81)55-30-27-47(36-58(55)60)64-37-50(44-82-64)67-56-31-28-51(72(5)6)38-65(56)83(9,10)66-39-52(73(7)8)29-32-57(66)67;/h11-16,20-25,27-32,36-39,44,78-81H,1,3,17-19,26,33-35,40-43H2,2,4-10H3;1H4/p+1. The molecule has 2 aliphatic rings. The Hall–Kier alpha value is -7.04. The summed E-state index contributed by atoms with van der Waals surface area (Å²) in [7, 11) is 2.97. The molecule has 6 aromatic carbocycles. The highest BCUT2D eigenvalue weighted by Crippen LogP contribution is 2.45. The van der Waals surface area contributed by atoms with Crippen LogP contribution in [0.15, 0.2) is 174 Å². The minimum atomic E-state index is -2.18. The zero-order chi connectivity index (χ0) is 59.3. The molecular formula is C69H82B2N5O6SSi+. The average molecular weight is 1160 g/mol. The molecule has 434 valence electrons.